The summed E-state index contributed by atoms with van der Waals surface area (Å²) in [6, 6.07) is 5.84. The van der Waals surface area contributed by atoms with Crippen LogP contribution in [0.15, 0.2) is 28.7 Å². The molecular formula is C13H11F2N5O3. The fourth-order valence-corrected chi connectivity index (χ4v) is 1.94. The van der Waals surface area contributed by atoms with Gasteiger partial charge in [-0.05, 0) is 12.1 Å². The van der Waals surface area contributed by atoms with Crippen molar-refractivity contribution in [3.8, 4) is 5.75 Å². The van der Waals surface area contributed by atoms with Crippen LogP contribution in [0.4, 0.5) is 14.7 Å². The molecule has 10 heteroatoms. The lowest BCUT2D eigenvalue weighted by Crippen LogP contribution is -2.12. The molecule has 23 heavy (non-hydrogen) atoms. The van der Waals surface area contributed by atoms with Crippen LogP contribution in [-0.4, -0.2) is 27.7 Å². The largest absolute Gasteiger partial charge is 0.447 e. The Balaban J connectivity index is 1.86. The smallest absolute Gasteiger partial charge is 0.387 e. The van der Waals surface area contributed by atoms with E-state index < -0.39 is 12.5 Å². The summed E-state index contributed by atoms with van der Waals surface area (Å²) in [4.78, 5) is 16.0. The molecule has 0 unspecified atom stereocenters. The Labute approximate surface area is 127 Å². The Bertz CT molecular complexity index is 845. The van der Waals surface area contributed by atoms with E-state index in [-0.39, 0.29) is 29.6 Å². The fourth-order valence-electron chi connectivity index (χ4n) is 1.94. The minimum absolute atomic E-state index is 0.0277. The lowest BCUT2D eigenvalue weighted by atomic mass is 10.2. The van der Waals surface area contributed by atoms with Gasteiger partial charge in [-0.3, -0.25) is 15.2 Å². The van der Waals surface area contributed by atoms with Crippen LogP contribution in [0.1, 0.15) is 16.4 Å². The molecule has 0 spiro atoms. The number of benzene rings is 1. The number of carbonyl (C=O) groups is 1. The molecular weight excluding hydrogens is 312 g/mol. The zero-order valence-corrected chi connectivity index (χ0v) is 11.5. The molecule has 120 valence electrons. The van der Waals surface area contributed by atoms with Gasteiger partial charge in [0.1, 0.15) is 5.82 Å². The summed E-state index contributed by atoms with van der Waals surface area (Å²) in [5.74, 6) is -0.450. The third-order valence-corrected chi connectivity index (χ3v) is 2.90. The van der Waals surface area contributed by atoms with Crippen molar-refractivity contribution in [2.24, 2.45) is 5.73 Å². The highest BCUT2D eigenvalue weighted by molar-refractivity contribution is 6.04. The molecule has 4 N–H and O–H groups in total. The van der Waals surface area contributed by atoms with E-state index in [0.717, 1.165) is 0 Å². The molecule has 0 fully saturated rings. The van der Waals surface area contributed by atoms with E-state index in [1.807, 2.05) is 0 Å². The van der Waals surface area contributed by atoms with Crippen molar-refractivity contribution in [2.45, 2.75) is 13.2 Å². The number of hydrogen-bond donors (Lipinski definition) is 3. The number of amides is 1. The number of furan rings is 1. The molecule has 2 heterocycles. The van der Waals surface area contributed by atoms with Gasteiger partial charge in [0.2, 0.25) is 5.95 Å². The second-order valence-corrected chi connectivity index (χ2v) is 4.43. The summed E-state index contributed by atoms with van der Waals surface area (Å²) < 4.78 is 34.4. The monoisotopic (exact) mass is 323 g/mol. The fraction of sp³-hybridized carbons (Fsp3) is 0.154. The van der Waals surface area contributed by atoms with Crippen molar-refractivity contribution in [3.63, 3.8) is 0 Å². The van der Waals surface area contributed by atoms with E-state index in [4.69, 9.17) is 10.2 Å². The van der Waals surface area contributed by atoms with Crippen LogP contribution in [-0.2, 0) is 6.54 Å². The van der Waals surface area contributed by atoms with Crippen LogP contribution in [0.5, 0.6) is 5.75 Å². The first-order chi connectivity index (χ1) is 11.1. The summed E-state index contributed by atoms with van der Waals surface area (Å²) >= 11 is 0. The van der Waals surface area contributed by atoms with Crippen LogP contribution in [0.3, 0.4) is 0 Å². The van der Waals surface area contributed by atoms with E-state index in [9.17, 15) is 13.6 Å². The first kappa shape index (κ1) is 14.9. The Morgan fingerprint density at radius 2 is 2.30 bits per heavy atom. The number of aromatic amines is 1. The Hall–Kier alpha value is -3.01. The van der Waals surface area contributed by atoms with Gasteiger partial charge in [0, 0.05) is 5.39 Å². The maximum absolute atomic E-state index is 12.4. The third-order valence-electron chi connectivity index (χ3n) is 2.90. The van der Waals surface area contributed by atoms with E-state index >= 15 is 0 Å². The topological polar surface area (TPSA) is 119 Å². The molecule has 0 aliphatic rings. The highest BCUT2D eigenvalue weighted by Gasteiger charge is 2.18. The quantitative estimate of drug-likeness (QED) is 0.659. The predicted octanol–water partition coefficient (Wildman–Crippen LogP) is 1.86. The first-order valence-electron chi connectivity index (χ1n) is 6.47. The third kappa shape index (κ3) is 3.11. The number of ether oxygens (including phenoxy) is 1. The van der Waals surface area contributed by atoms with Crippen molar-refractivity contribution in [2.75, 3.05) is 5.32 Å². The van der Waals surface area contributed by atoms with Crippen molar-refractivity contribution in [1.29, 1.82) is 0 Å². The molecule has 0 atom stereocenters. The van der Waals surface area contributed by atoms with E-state index in [1.54, 1.807) is 6.07 Å². The Morgan fingerprint density at radius 3 is 3.00 bits per heavy atom. The van der Waals surface area contributed by atoms with Crippen LogP contribution in [0.25, 0.3) is 11.0 Å². The number of carbonyl (C=O) groups excluding carboxylic acids is 1. The van der Waals surface area contributed by atoms with E-state index in [2.05, 4.69) is 25.2 Å². The summed E-state index contributed by atoms with van der Waals surface area (Å²) in [6.45, 7) is -2.85. The van der Waals surface area contributed by atoms with Gasteiger partial charge in [-0.25, -0.2) is 0 Å². The van der Waals surface area contributed by atoms with Crippen LogP contribution >= 0.6 is 0 Å². The number of nitrogens with one attached hydrogen (secondary N) is 2. The van der Waals surface area contributed by atoms with Gasteiger partial charge < -0.3 is 14.9 Å². The number of H-pyrrole nitrogens is 1. The summed E-state index contributed by atoms with van der Waals surface area (Å²) in [5.41, 5.74) is 5.42. The van der Waals surface area contributed by atoms with Crippen LogP contribution < -0.4 is 15.8 Å². The second-order valence-electron chi connectivity index (χ2n) is 4.43. The zero-order chi connectivity index (χ0) is 16.4. The molecule has 3 rings (SSSR count). The number of fused-ring (bicyclic) bond motifs is 1. The van der Waals surface area contributed by atoms with Crippen LogP contribution in [0, 0.1) is 0 Å². The number of halogens is 2. The summed E-state index contributed by atoms with van der Waals surface area (Å²) in [5, 5.41) is 9.14. The summed E-state index contributed by atoms with van der Waals surface area (Å²) in [6.07, 6.45) is 0. The van der Waals surface area contributed by atoms with Gasteiger partial charge in [0.15, 0.2) is 17.1 Å². The second kappa shape index (κ2) is 6.01. The van der Waals surface area contributed by atoms with Crippen molar-refractivity contribution in [1.82, 2.24) is 15.2 Å². The Kier molecular flexibility index (Phi) is 3.89. The number of rotatable bonds is 5. The van der Waals surface area contributed by atoms with Gasteiger partial charge in [-0.15, -0.1) is 5.10 Å². The number of nitrogens with zero attached hydrogens (tertiary/aromatic N) is 2. The molecule has 8 nitrogen and oxygen atoms in total. The lowest BCUT2D eigenvalue weighted by Gasteiger charge is -2.03. The van der Waals surface area contributed by atoms with Crippen molar-refractivity contribution >= 4 is 22.8 Å². The normalized spacial score (nSPS) is 11.1. The Morgan fingerprint density at radius 1 is 1.48 bits per heavy atom. The number of para-hydroxylation sites is 1. The SMILES string of the molecule is NCc1nc(NC(=O)c2cc3cccc(OC(F)F)c3o2)n[nH]1. The molecule has 1 amide bonds. The first-order valence-corrected chi connectivity index (χ1v) is 6.47. The molecule has 2 aromatic heterocycles. The standard InChI is InChI=1S/C13H11F2N5O3/c14-12(15)23-7-3-1-2-6-4-8(22-10(6)7)11(21)18-13-17-9(5-16)19-20-13/h1-4,12H,5,16H2,(H2,17,18,19,20,21). The minimum atomic E-state index is -2.99. The number of nitrogens with two attached hydrogens (primary N) is 1. The molecule has 3 aromatic rings. The molecule has 1 aromatic carbocycles. The van der Waals surface area contributed by atoms with E-state index in [0.29, 0.717) is 11.2 Å². The molecule has 0 aliphatic carbocycles. The average molecular weight is 323 g/mol. The van der Waals surface area contributed by atoms with Crippen molar-refractivity contribution < 1.29 is 22.7 Å². The number of aromatic nitrogens is 3. The summed E-state index contributed by atoms with van der Waals surface area (Å²) in [7, 11) is 0. The average Bonchev–Trinajstić information content (AvgIpc) is 3.13. The molecule has 0 aliphatic heterocycles. The zero-order valence-electron chi connectivity index (χ0n) is 11.5. The molecule has 0 bridgehead atoms. The lowest BCUT2D eigenvalue weighted by molar-refractivity contribution is -0.0493. The van der Waals surface area contributed by atoms with Crippen molar-refractivity contribution in [3.05, 3.63) is 35.9 Å². The molecule has 0 saturated carbocycles. The molecule has 0 radical (unpaired) electrons. The number of alkyl halides is 2. The van der Waals surface area contributed by atoms with E-state index in [1.165, 1.54) is 18.2 Å². The maximum atomic E-state index is 12.4. The van der Waals surface area contributed by atoms with Gasteiger partial charge in [0.25, 0.3) is 5.91 Å². The van der Waals surface area contributed by atoms with Gasteiger partial charge in [-0.2, -0.15) is 13.8 Å². The molecule has 0 saturated heterocycles. The van der Waals surface area contributed by atoms with Gasteiger partial charge in [0.05, 0.1) is 6.54 Å². The predicted molar refractivity (Wildman–Crippen MR) is 75.1 cm³/mol. The van der Waals surface area contributed by atoms with Gasteiger partial charge in [-0.1, -0.05) is 12.1 Å². The number of anilines is 1. The van der Waals surface area contributed by atoms with Gasteiger partial charge >= 0.3 is 6.61 Å². The highest BCUT2D eigenvalue weighted by Crippen LogP contribution is 2.30. The number of hydrogen-bond acceptors (Lipinski definition) is 6. The maximum Gasteiger partial charge on any atom is 0.387 e. The minimum Gasteiger partial charge on any atom is -0.447 e. The van der Waals surface area contributed by atoms with Crippen LogP contribution in [0.2, 0.25) is 0 Å². The highest BCUT2D eigenvalue weighted by atomic mass is 19.3.